The maximum absolute atomic E-state index is 5.37. The standard InChI is InChI=1S/C17H20N4OS/c1-11-10-23-17(18-11)13-5-7-14(8-6-13)19-12(2)16-15(22-4)9-21(3)20-16/h5-10,12,19H,1-4H3. The number of hydrogen-bond donors (Lipinski definition) is 1. The summed E-state index contributed by atoms with van der Waals surface area (Å²) in [5.41, 5.74) is 4.14. The van der Waals surface area contributed by atoms with Gasteiger partial charge >= 0.3 is 0 Å². The van der Waals surface area contributed by atoms with Crippen LogP contribution in [-0.2, 0) is 7.05 Å². The zero-order chi connectivity index (χ0) is 16.4. The van der Waals surface area contributed by atoms with Crippen LogP contribution in [0.5, 0.6) is 5.75 Å². The average molecular weight is 328 g/mol. The largest absolute Gasteiger partial charge is 0.493 e. The summed E-state index contributed by atoms with van der Waals surface area (Å²) in [6.45, 7) is 4.08. The first-order valence-corrected chi connectivity index (χ1v) is 8.31. The number of benzene rings is 1. The van der Waals surface area contributed by atoms with E-state index in [1.54, 1.807) is 23.1 Å². The molecule has 1 unspecified atom stereocenters. The Bertz CT molecular complexity index is 791. The molecule has 1 N–H and O–H groups in total. The van der Waals surface area contributed by atoms with Crippen molar-refractivity contribution in [2.75, 3.05) is 12.4 Å². The summed E-state index contributed by atoms with van der Waals surface area (Å²) in [6, 6.07) is 8.36. The van der Waals surface area contributed by atoms with Gasteiger partial charge in [-0.3, -0.25) is 4.68 Å². The summed E-state index contributed by atoms with van der Waals surface area (Å²) in [7, 11) is 3.56. The molecule has 1 atom stereocenters. The van der Waals surface area contributed by atoms with Crippen molar-refractivity contribution in [1.82, 2.24) is 14.8 Å². The summed E-state index contributed by atoms with van der Waals surface area (Å²) in [4.78, 5) is 4.51. The molecule has 3 aromatic rings. The third-order valence-electron chi connectivity index (χ3n) is 3.59. The van der Waals surface area contributed by atoms with Gasteiger partial charge in [0.25, 0.3) is 0 Å². The number of hydrogen-bond acceptors (Lipinski definition) is 5. The Morgan fingerprint density at radius 3 is 2.61 bits per heavy atom. The molecule has 0 aliphatic carbocycles. The van der Waals surface area contributed by atoms with Crippen molar-refractivity contribution in [3.05, 3.63) is 47.2 Å². The van der Waals surface area contributed by atoms with Crippen molar-refractivity contribution in [2.24, 2.45) is 7.05 Å². The highest BCUT2D eigenvalue weighted by molar-refractivity contribution is 7.13. The molecule has 0 saturated heterocycles. The Morgan fingerprint density at radius 1 is 1.26 bits per heavy atom. The third-order valence-corrected chi connectivity index (χ3v) is 4.60. The van der Waals surface area contributed by atoms with Gasteiger partial charge in [-0.15, -0.1) is 11.3 Å². The number of aromatic nitrogens is 3. The molecule has 2 heterocycles. The first-order valence-electron chi connectivity index (χ1n) is 7.43. The molecule has 0 aliphatic rings. The van der Waals surface area contributed by atoms with Crippen molar-refractivity contribution >= 4 is 17.0 Å². The summed E-state index contributed by atoms with van der Waals surface area (Å²) in [6.07, 6.45) is 1.88. The number of aryl methyl sites for hydroxylation is 2. The molecular formula is C17H20N4OS. The Balaban J connectivity index is 1.75. The lowest BCUT2D eigenvalue weighted by molar-refractivity contribution is 0.407. The van der Waals surface area contributed by atoms with Crippen LogP contribution in [0.2, 0.25) is 0 Å². The molecule has 120 valence electrons. The number of nitrogens with one attached hydrogen (secondary N) is 1. The molecule has 0 aliphatic heterocycles. The van der Waals surface area contributed by atoms with Crippen LogP contribution in [0.4, 0.5) is 5.69 Å². The van der Waals surface area contributed by atoms with Crippen LogP contribution in [-0.4, -0.2) is 21.9 Å². The van der Waals surface area contributed by atoms with Crippen molar-refractivity contribution < 1.29 is 4.74 Å². The highest BCUT2D eigenvalue weighted by Gasteiger charge is 2.15. The molecular weight excluding hydrogens is 308 g/mol. The van der Waals surface area contributed by atoms with Crippen LogP contribution >= 0.6 is 11.3 Å². The van der Waals surface area contributed by atoms with E-state index in [2.05, 4.69) is 52.0 Å². The van der Waals surface area contributed by atoms with Crippen molar-refractivity contribution in [3.8, 4) is 16.3 Å². The van der Waals surface area contributed by atoms with Gasteiger partial charge in [0.2, 0.25) is 0 Å². The van der Waals surface area contributed by atoms with E-state index in [-0.39, 0.29) is 6.04 Å². The molecule has 2 aromatic heterocycles. The van der Waals surface area contributed by atoms with Crippen LogP contribution in [0.3, 0.4) is 0 Å². The first kappa shape index (κ1) is 15.6. The van der Waals surface area contributed by atoms with Gasteiger partial charge in [-0.2, -0.15) is 5.10 Å². The predicted octanol–water partition coefficient (Wildman–Crippen LogP) is 4.03. The molecule has 3 rings (SSSR count). The van der Waals surface area contributed by atoms with E-state index in [1.807, 2.05) is 20.2 Å². The Labute approximate surface area is 140 Å². The van der Waals surface area contributed by atoms with Crippen LogP contribution in [0.1, 0.15) is 24.4 Å². The van der Waals surface area contributed by atoms with Crippen molar-refractivity contribution in [1.29, 1.82) is 0 Å². The summed E-state index contributed by atoms with van der Waals surface area (Å²) in [5.74, 6) is 0.794. The molecule has 23 heavy (non-hydrogen) atoms. The van der Waals surface area contributed by atoms with Gasteiger partial charge in [0.05, 0.1) is 19.3 Å². The number of rotatable bonds is 5. The number of nitrogens with zero attached hydrogens (tertiary/aromatic N) is 3. The zero-order valence-corrected chi connectivity index (χ0v) is 14.5. The topological polar surface area (TPSA) is 52.0 Å². The van der Waals surface area contributed by atoms with Crippen molar-refractivity contribution in [3.63, 3.8) is 0 Å². The molecule has 1 aromatic carbocycles. The second-order valence-electron chi connectivity index (χ2n) is 5.49. The fourth-order valence-electron chi connectivity index (χ4n) is 2.46. The lowest BCUT2D eigenvalue weighted by atomic mass is 10.1. The number of anilines is 1. The molecule has 0 radical (unpaired) electrons. The first-order chi connectivity index (χ1) is 11.1. The molecule has 0 amide bonds. The van der Waals surface area contributed by atoms with Gasteiger partial charge in [0, 0.05) is 29.4 Å². The highest BCUT2D eigenvalue weighted by Crippen LogP contribution is 2.28. The quantitative estimate of drug-likeness (QED) is 0.768. The molecule has 0 spiro atoms. The Kier molecular flexibility index (Phi) is 4.34. The van der Waals surface area contributed by atoms with E-state index in [0.717, 1.165) is 33.4 Å². The zero-order valence-electron chi connectivity index (χ0n) is 13.7. The smallest absolute Gasteiger partial charge is 0.162 e. The van der Waals surface area contributed by atoms with Gasteiger partial charge in [-0.05, 0) is 38.1 Å². The van der Waals surface area contributed by atoms with Crippen molar-refractivity contribution in [2.45, 2.75) is 19.9 Å². The molecule has 6 heteroatoms. The van der Waals surface area contributed by atoms with Gasteiger partial charge in [0.15, 0.2) is 5.75 Å². The summed E-state index contributed by atoms with van der Waals surface area (Å²) >= 11 is 1.67. The van der Waals surface area contributed by atoms with E-state index in [9.17, 15) is 0 Å². The van der Waals surface area contributed by atoms with Gasteiger partial charge in [-0.25, -0.2) is 4.98 Å². The molecule has 0 fully saturated rings. The second-order valence-corrected chi connectivity index (χ2v) is 6.35. The fourth-order valence-corrected chi connectivity index (χ4v) is 3.26. The predicted molar refractivity (Wildman–Crippen MR) is 94.1 cm³/mol. The van der Waals surface area contributed by atoms with E-state index in [4.69, 9.17) is 4.74 Å². The summed E-state index contributed by atoms with van der Waals surface area (Å²) < 4.78 is 7.14. The maximum atomic E-state index is 5.37. The van der Waals surface area contributed by atoms with Crippen LogP contribution in [0.25, 0.3) is 10.6 Å². The highest BCUT2D eigenvalue weighted by atomic mass is 32.1. The Morgan fingerprint density at radius 2 is 2.00 bits per heavy atom. The van der Waals surface area contributed by atoms with Gasteiger partial charge < -0.3 is 10.1 Å². The molecule has 0 bridgehead atoms. The lowest BCUT2D eigenvalue weighted by Crippen LogP contribution is -2.09. The van der Waals surface area contributed by atoms with Crippen LogP contribution in [0, 0.1) is 6.92 Å². The van der Waals surface area contributed by atoms with E-state index < -0.39 is 0 Å². The fraction of sp³-hybridized carbons (Fsp3) is 0.294. The molecule has 5 nitrogen and oxygen atoms in total. The van der Waals surface area contributed by atoms with Gasteiger partial charge in [0.1, 0.15) is 10.7 Å². The summed E-state index contributed by atoms with van der Waals surface area (Å²) in [5, 5.41) is 11.0. The van der Waals surface area contributed by atoms with Gasteiger partial charge in [-0.1, -0.05) is 0 Å². The van der Waals surface area contributed by atoms with E-state index in [1.165, 1.54) is 0 Å². The minimum Gasteiger partial charge on any atom is -0.493 e. The SMILES string of the molecule is COc1cn(C)nc1C(C)Nc1ccc(-c2nc(C)cs2)cc1. The monoisotopic (exact) mass is 328 g/mol. The molecule has 0 saturated carbocycles. The maximum Gasteiger partial charge on any atom is 0.162 e. The number of thiazole rings is 1. The number of ether oxygens (including phenoxy) is 1. The average Bonchev–Trinajstić information content (AvgIpc) is 3.13. The lowest BCUT2D eigenvalue weighted by Gasteiger charge is -2.14. The normalized spacial score (nSPS) is 12.2. The minimum absolute atomic E-state index is 0.0547. The van der Waals surface area contributed by atoms with Crippen LogP contribution < -0.4 is 10.1 Å². The number of methoxy groups -OCH3 is 1. The Hall–Kier alpha value is -2.34. The van der Waals surface area contributed by atoms with Crippen LogP contribution in [0.15, 0.2) is 35.8 Å². The van der Waals surface area contributed by atoms with E-state index in [0.29, 0.717) is 0 Å². The van der Waals surface area contributed by atoms with E-state index >= 15 is 0 Å². The minimum atomic E-state index is 0.0547. The second kappa shape index (κ2) is 6.42. The third kappa shape index (κ3) is 3.37.